The Hall–Kier alpha value is -1.83. The van der Waals surface area contributed by atoms with Crippen LogP contribution in [0.5, 0.6) is 0 Å². The van der Waals surface area contributed by atoms with E-state index in [9.17, 15) is 4.79 Å². The number of H-pyrrole nitrogens is 1. The van der Waals surface area contributed by atoms with E-state index < -0.39 is 0 Å². The quantitative estimate of drug-likeness (QED) is 0.675. The summed E-state index contributed by atoms with van der Waals surface area (Å²) in [6.45, 7) is 0. The van der Waals surface area contributed by atoms with Gasteiger partial charge in [0.1, 0.15) is 5.82 Å². The van der Waals surface area contributed by atoms with Gasteiger partial charge in [-0.3, -0.25) is 4.57 Å². The first-order valence-corrected chi connectivity index (χ1v) is 4.86. The first-order chi connectivity index (χ1) is 7.16. The van der Waals surface area contributed by atoms with Gasteiger partial charge in [-0.25, -0.2) is 19.9 Å². The molecule has 15 heavy (non-hydrogen) atoms. The van der Waals surface area contributed by atoms with Crippen LogP contribution in [0.4, 0.5) is 5.82 Å². The SMILES string of the molecule is Cn1c(Sc2nccc(N)n2)n[nH]c1=O. The molecule has 2 heterocycles. The molecule has 2 rings (SSSR count). The van der Waals surface area contributed by atoms with Gasteiger partial charge in [0.15, 0.2) is 10.3 Å². The van der Waals surface area contributed by atoms with Gasteiger partial charge in [-0.1, -0.05) is 0 Å². The molecule has 0 aliphatic carbocycles. The van der Waals surface area contributed by atoms with Crippen LogP contribution in [0.15, 0.2) is 27.4 Å². The highest BCUT2D eigenvalue weighted by Crippen LogP contribution is 2.20. The molecule has 2 aromatic heterocycles. The summed E-state index contributed by atoms with van der Waals surface area (Å²) in [7, 11) is 1.61. The molecule has 78 valence electrons. The molecule has 0 radical (unpaired) electrons. The summed E-state index contributed by atoms with van der Waals surface area (Å²) in [4.78, 5) is 19.0. The molecule has 0 amide bonds. The van der Waals surface area contributed by atoms with Crippen molar-refractivity contribution in [1.82, 2.24) is 24.7 Å². The summed E-state index contributed by atoms with van der Waals surface area (Å²) in [5.41, 5.74) is 5.22. The molecule has 3 N–H and O–H groups in total. The third kappa shape index (κ3) is 1.99. The maximum Gasteiger partial charge on any atom is 0.343 e. The smallest absolute Gasteiger partial charge is 0.343 e. The number of nitrogen functional groups attached to an aromatic ring is 1. The van der Waals surface area contributed by atoms with E-state index in [1.54, 1.807) is 19.3 Å². The highest BCUT2D eigenvalue weighted by atomic mass is 32.2. The summed E-state index contributed by atoms with van der Waals surface area (Å²) in [5.74, 6) is 0.382. The Balaban J connectivity index is 2.29. The molecule has 0 bridgehead atoms. The Morgan fingerprint density at radius 3 is 3.00 bits per heavy atom. The van der Waals surface area contributed by atoms with Crippen molar-refractivity contribution < 1.29 is 0 Å². The Morgan fingerprint density at radius 2 is 2.40 bits per heavy atom. The number of hydrogen-bond acceptors (Lipinski definition) is 6. The van der Waals surface area contributed by atoms with Crippen LogP contribution in [0.3, 0.4) is 0 Å². The molecule has 0 aromatic carbocycles. The number of aromatic amines is 1. The number of anilines is 1. The number of nitrogens with two attached hydrogens (primary N) is 1. The maximum atomic E-state index is 11.1. The lowest BCUT2D eigenvalue weighted by Gasteiger charge is -1.98. The van der Waals surface area contributed by atoms with Gasteiger partial charge >= 0.3 is 5.69 Å². The summed E-state index contributed by atoms with van der Waals surface area (Å²) in [6.07, 6.45) is 1.55. The predicted octanol–water partition coefficient (Wildman–Crippen LogP) is -0.368. The summed E-state index contributed by atoms with van der Waals surface area (Å²) < 4.78 is 1.37. The largest absolute Gasteiger partial charge is 0.384 e. The van der Waals surface area contributed by atoms with E-state index in [0.29, 0.717) is 16.1 Å². The van der Waals surface area contributed by atoms with E-state index in [2.05, 4.69) is 20.2 Å². The van der Waals surface area contributed by atoms with Crippen LogP contribution in [0.25, 0.3) is 0 Å². The van der Waals surface area contributed by atoms with Crippen molar-refractivity contribution in [1.29, 1.82) is 0 Å². The average Bonchev–Trinajstić information content (AvgIpc) is 2.50. The van der Waals surface area contributed by atoms with E-state index >= 15 is 0 Å². The number of nitrogens with zero attached hydrogens (tertiary/aromatic N) is 4. The Bertz CT molecular complexity index is 532. The second kappa shape index (κ2) is 3.73. The van der Waals surface area contributed by atoms with Crippen molar-refractivity contribution in [3.8, 4) is 0 Å². The van der Waals surface area contributed by atoms with E-state index in [-0.39, 0.29) is 5.69 Å². The molecule has 8 heteroatoms. The summed E-state index contributed by atoms with van der Waals surface area (Å²) >= 11 is 1.17. The molecule has 7 nitrogen and oxygen atoms in total. The van der Waals surface area contributed by atoms with Crippen molar-refractivity contribution in [2.75, 3.05) is 5.73 Å². The molecule has 0 spiro atoms. The zero-order valence-electron chi connectivity index (χ0n) is 7.84. The van der Waals surface area contributed by atoms with E-state index in [0.717, 1.165) is 0 Å². The number of aromatic nitrogens is 5. The van der Waals surface area contributed by atoms with E-state index in [1.165, 1.54) is 16.3 Å². The second-order valence-electron chi connectivity index (χ2n) is 2.74. The number of nitrogens with one attached hydrogen (secondary N) is 1. The van der Waals surface area contributed by atoms with E-state index in [4.69, 9.17) is 5.73 Å². The van der Waals surface area contributed by atoms with Crippen LogP contribution in [-0.2, 0) is 7.05 Å². The standard InChI is InChI=1S/C7H8N6OS/c1-13-6(14)11-12-7(13)15-5-9-3-2-4(8)10-5/h2-3H,1H3,(H,11,14)(H2,8,9,10). The Labute approximate surface area is 88.7 Å². The van der Waals surface area contributed by atoms with Crippen LogP contribution >= 0.6 is 11.8 Å². The monoisotopic (exact) mass is 224 g/mol. The van der Waals surface area contributed by atoms with Gasteiger partial charge in [0.2, 0.25) is 0 Å². The van der Waals surface area contributed by atoms with Crippen molar-refractivity contribution in [2.24, 2.45) is 7.05 Å². The van der Waals surface area contributed by atoms with Crippen LogP contribution in [0.2, 0.25) is 0 Å². The third-order valence-corrected chi connectivity index (χ3v) is 2.60. The molecule has 0 fully saturated rings. The van der Waals surface area contributed by atoms with Crippen molar-refractivity contribution in [3.63, 3.8) is 0 Å². The lowest BCUT2D eigenvalue weighted by atomic mass is 10.6. The van der Waals surface area contributed by atoms with E-state index in [1.807, 2.05) is 0 Å². The fourth-order valence-corrected chi connectivity index (χ4v) is 1.65. The molecule has 2 aromatic rings. The zero-order valence-corrected chi connectivity index (χ0v) is 8.65. The van der Waals surface area contributed by atoms with Crippen LogP contribution in [0, 0.1) is 0 Å². The topological polar surface area (TPSA) is 102 Å². The highest BCUT2D eigenvalue weighted by Gasteiger charge is 2.08. The summed E-state index contributed by atoms with van der Waals surface area (Å²) in [6, 6.07) is 1.59. The average molecular weight is 224 g/mol. The third-order valence-electron chi connectivity index (χ3n) is 1.68. The number of hydrogen-bond donors (Lipinski definition) is 2. The highest BCUT2D eigenvalue weighted by molar-refractivity contribution is 7.99. The van der Waals surface area contributed by atoms with Gasteiger partial charge < -0.3 is 5.73 Å². The lowest BCUT2D eigenvalue weighted by Crippen LogP contribution is -2.12. The minimum atomic E-state index is -0.276. The van der Waals surface area contributed by atoms with Gasteiger partial charge in [-0.15, -0.1) is 5.10 Å². The fourth-order valence-electron chi connectivity index (χ4n) is 0.909. The first kappa shape index (κ1) is 9.71. The van der Waals surface area contributed by atoms with Gasteiger partial charge in [0.05, 0.1) is 0 Å². The summed E-state index contributed by atoms with van der Waals surface area (Å²) in [5, 5.41) is 7.08. The van der Waals surface area contributed by atoms with Crippen molar-refractivity contribution in [2.45, 2.75) is 10.3 Å². The lowest BCUT2D eigenvalue weighted by molar-refractivity contribution is 0.762. The molecule has 0 saturated carbocycles. The van der Waals surface area contributed by atoms with Gasteiger partial charge in [-0.2, -0.15) is 0 Å². The number of rotatable bonds is 2. The van der Waals surface area contributed by atoms with Crippen molar-refractivity contribution in [3.05, 3.63) is 22.7 Å². The molecular formula is C7H8N6OS. The van der Waals surface area contributed by atoms with Gasteiger partial charge in [-0.05, 0) is 17.8 Å². The normalized spacial score (nSPS) is 10.5. The molecule has 0 unspecified atom stereocenters. The molecule has 0 atom stereocenters. The zero-order chi connectivity index (χ0) is 10.8. The predicted molar refractivity (Wildman–Crippen MR) is 54.4 cm³/mol. The van der Waals surface area contributed by atoms with Crippen LogP contribution in [0.1, 0.15) is 0 Å². The second-order valence-corrected chi connectivity index (χ2v) is 3.67. The van der Waals surface area contributed by atoms with Gasteiger partial charge in [0.25, 0.3) is 0 Å². The van der Waals surface area contributed by atoms with Crippen LogP contribution in [-0.4, -0.2) is 24.7 Å². The Morgan fingerprint density at radius 1 is 1.60 bits per heavy atom. The molecule has 0 saturated heterocycles. The van der Waals surface area contributed by atoms with Crippen molar-refractivity contribution >= 4 is 17.6 Å². The van der Waals surface area contributed by atoms with Crippen LogP contribution < -0.4 is 11.4 Å². The minimum Gasteiger partial charge on any atom is -0.384 e. The first-order valence-electron chi connectivity index (χ1n) is 4.04. The Kier molecular flexibility index (Phi) is 2.42. The molecule has 0 aliphatic rings. The van der Waals surface area contributed by atoms with Gasteiger partial charge in [0, 0.05) is 13.2 Å². The fraction of sp³-hybridized carbons (Fsp3) is 0.143. The minimum absolute atomic E-state index is 0.276. The molecule has 0 aliphatic heterocycles. The maximum absolute atomic E-state index is 11.1. The molecular weight excluding hydrogens is 216 g/mol.